The van der Waals surface area contributed by atoms with Gasteiger partial charge < -0.3 is 19.3 Å². The van der Waals surface area contributed by atoms with E-state index in [2.05, 4.69) is 0 Å². The molecule has 2 heterocycles. The Bertz CT molecular complexity index is 418. The largest absolute Gasteiger partial charge is 0.504 e. The van der Waals surface area contributed by atoms with Crippen LogP contribution < -0.4 is 4.74 Å². The molecular weight excluding hydrogens is 220 g/mol. The van der Waals surface area contributed by atoms with Crippen molar-refractivity contribution in [3.05, 3.63) is 30.4 Å². The lowest BCUT2D eigenvalue weighted by atomic mass is 9.90. The third-order valence-corrected chi connectivity index (χ3v) is 3.50. The van der Waals surface area contributed by atoms with Gasteiger partial charge in [0.25, 0.3) is 0 Å². The second kappa shape index (κ2) is 4.20. The number of ether oxygens (including phenoxy) is 3. The van der Waals surface area contributed by atoms with Crippen molar-refractivity contribution >= 4 is 0 Å². The second-order valence-electron chi connectivity index (χ2n) is 4.48. The van der Waals surface area contributed by atoms with Crippen molar-refractivity contribution < 1.29 is 19.3 Å². The fourth-order valence-corrected chi connectivity index (χ4v) is 2.54. The standard InChI is InChI=1S/C13H15O4/c1-15-12-4-8(2-3-11(12)14)13-10-7-16-5-9(10)6-17-13/h2-5,9-10,13-14H,6-7H2,1H3. The van der Waals surface area contributed by atoms with E-state index in [4.69, 9.17) is 14.2 Å². The minimum absolute atomic E-state index is 0.0354. The van der Waals surface area contributed by atoms with Crippen LogP contribution in [0.2, 0.25) is 0 Å². The molecule has 3 atom stereocenters. The van der Waals surface area contributed by atoms with Gasteiger partial charge in [0.15, 0.2) is 11.5 Å². The molecule has 4 nitrogen and oxygen atoms in total. The minimum Gasteiger partial charge on any atom is -0.504 e. The summed E-state index contributed by atoms with van der Waals surface area (Å²) in [6, 6.07) is 5.36. The van der Waals surface area contributed by atoms with Crippen LogP contribution in [0.4, 0.5) is 0 Å². The molecule has 2 fully saturated rings. The van der Waals surface area contributed by atoms with Gasteiger partial charge in [-0.1, -0.05) is 6.07 Å². The van der Waals surface area contributed by atoms with E-state index in [0.717, 1.165) is 5.56 Å². The van der Waals surface area contributed by atoms with Crippen molar-refractivity contribution in [2.75, 3.05) is 20.3 Å². The fraction of sp³-hybridized carbons (Fsp3) is 0.462. The smallest absolute Gasteiger partial charge is 0.160 e. The van der Waals surface area contributed by atoms with Crippen molar-refractivity contribution in [3.8, 4) is 11.5 Å². The summed E-state index contributed by atoms with van der Waals surface area (Å²) in [4.78, 5) is 0. The first-order chi connectivity index (χ1) is 8.29. The third-order valence-electron chi connectivity index (χ3n) is 3.50. The normalized spacial score (nSPS) is 31.5. The predicted molar refractivity (Wildman–Crippen MR) is 60.6 cm³/mol. The van der Waals surface area contributed by atoms with Gasteiger partial charge in [0.1, 0.15) is 0 Å². The van der Waals surface area contributed by atoms with Gasteiger partial charge in [0.05, 0.1) is 33.0 Å². The van der Waals surface area contributed by atoms with Gasteiger partial charge in [0.2, 0.25) is 0 Å². The predicted octanol–water partition coefficient (Wildman–Crippen LogP) is 1.90. The molecule has 1 aromatic rings. The van der Waals surface area contributed by atoms with Gasteiger partial charge >= 0.3 is 0 Å². The lowest BCUT2D eigenvalue weighted by Crippen LogP contribution is -2.12. The van der Waals surface area contributed by atoms with Crippen LogP contribution in [0.3, 0.4) is 0 Å². The lowest BCUT2D eigenvalue weighted by molar-refractivity contribution is 0.0619. The highest BCUT2D eigenvalue weighted by Gasteiger charge is 2.42. The Hall–Kier alpha value is -1.26. The Morgan fingerprint density at radius 3 is 3.06 bits per heavy atom. The van der Waals surface area contributed by atoms with Gasteiger partial charge in [-0.3, -0.25) is 0 Å². The van der Waals surface area contributed by atoms with Crippen LogP contribution in [0.5, 0.6) is 11.5 Å². The number of hydrogen-bond donors (Lipinski definition) is 1. The second-order valence-corrected chi connectivity index (χ2v) is 4.48. The van der Waals surface area contributed by atoms with Crippen LogP contribution in [-0.2, 0) is 9.47 Å². The first-order valence-corrected chi connectivity index (χ1v) is 5.73. The monoisotopic (exact) mass is 235 g/mol. The highest BCUT2D eigenvalue weighted by atomic mass is 16.5. The number of aromatic hydroxyl groups is 1. The molecule has 0 aliphatic carbocycles. The highest BCUT2D eigenvalue weighted by Crippen LogP contribution is 2.44. The van der Waals surface area contributed by atoms with Crippen molar-refractivity contribution in [1.29, 1.82) is 0 Å². The molecule has 2 saturated heterocycles. The first kappa shape index (κ1) is 10.9. The molecule has 2 aliphatic heterocycles. The molecule has 1 radical (unpaired) electrons. The van der Waals surface area contributed by atoms with Crippen molar-refractivity contribution in [2.24, 2.45) is 11.8 Å². The Morgan fingerprint density at radius 2 is 2.24 bits per heavy atom. The SMILES string of the molecule is COc1cc(C2OCC3[CH]OCC32)ccc1O. The summed E-state index contributed by atoms with van der Waals surface area (Å²) in [6.45, 7) is 3.29. The lowest BCUT2D eigenvalue weighted by Gasteiger charge is -2.17. The maximum atomic E-state index is 9.57. The van der Waals surface area contributed by atoms with Gasteiger partial charge in [0, 0.05) is 11.8 Å². The van der Waals surface area contributed by atoms with E-state index in [1.165, 1.54) is 0 Å². The van der Waals surface area contributed by atoms with Crippen LogP contribution in [0, 0.1) is 18.4 Å². The van der Waals surface area contributed by atoms with E-state index in [9.17, 15) is 5.11 Å². The molecule has 1 aromatic carbocycles. The molecule has 1 N–H and O–H groups in total. The quantitative estimate of drug-likeness (QED) is 0.850. The Labute approximate surface area is 100 Å². The topological polar surface area (TPSA) is 47.9 Å². The maximum Gasteiger partial charge on any atom is 0.160 e. The van der Waals surface area contributed by atoms with E-state index in [1.807, 2.05) is 18.7 Å². The number of methoxy groups -OCH3 is 1. The van der Waals surface area contributed by atoms with Crippen molar-refractivity contribution in [3.63, 3.8) is 0 Å². The van der Waals surface area contributed by atoms with Crippen LogP contribution in [0.25, 0.3) is 0 Å². The van der Waals surface area contributed by atoms with Gasteiger partial charge in [-0.15, -0.1) is 0 Å². The van der Waals surface area contributed by atoms with Crippen LogP contribution in [0.15, 0.2) is 18.2 Å². The number of phenolic OH excluding ortho intramolecular Hbond substituents is 1. The summed E-state index contributed by atoms with van der Waals surface area (Å²) in [7, 11) is 1.55. The zero-order chi connectivity index (χ0) is 11.8. The highest BCUT2D eigenvalue weighted by molar-refractivity contribution is 5.42. The molecule has 0 bridgehead atoms. The van der Waals surface area contributed by atoms with Crippen LogP contribution >= 0.6 is 0 Å². The molecule has 4 heteroatoms. The Balaban J connectivity index is 1.89. The maximum absolute atomic E-state index is 9.57. The van der Waals surface area contributed by atoms with Crippen LogP contribution in [-0.4, -0.2) is 25.4 Å². The summed E-state index contributed by atoms with van der Waals surface area (Å²) in [5.41, 5.74) is 1.03. The third kappa shape index (κ3) is 1.77. The van der Waals surface area contributed by atoms with Gasteiger partial charge in [-0.2, -0.15) is 0 Å². The molecule has 17 heavy (non-hydrogen) atoms. The Kier molecular flexibility index (Phi) is 2.68. The number of phenols is 1. The van der Waals surface area contributed by atoms with E-state index in [1.54, 1.807) is 13.2 Å². The van der Waals surface area contributed by atoms with Gasteiger partial charge in [-0.25, -0.2) is 0 Å². The average molecular weight is 235 g/mol. The number of rotatable bonds is 2. The van der Waals surface area contributed by atoms with E-state index < -0.39 is 0 Å². The van der Waals surface area contributed by atoms with Crippen molar-refractivity contribution in [1.82, 2.24) is 0 Å². The van der Waals surface area contributed by atoms with E-state index in [-0.39, 0.29) is 11.9 Å². The zero-order valence-electron chi connectivity index (χ0n) is 9.63. The molecule has 3 unspecified atom stereocenters. The molecule has 91 valence electrons. The molecule has 2 aliphatic rings. The zero-order valence-corrected chi connectivity index (χ0v) is 9.63. The molecule has 3 rings (SSSR count). The summed E-state index contributed by atoms with van der Waals surface area (Å²) in [5.74, 6) is 1.40. The molecule has 0 spiro atoms. The molecule has 0 saturated carbocycles. The van der Waals surface area contributed by atoms with Gasteiger partial charge in [-0.05, 0) is 17.7 Å². The summed E-state index contributed by atoms with van der Waals surface area (Å²) in [5, 5.41) is 9.57. The molecule has 0 amide bonds. The molecule has 0 aromatic heterocycles. The minimum atomic E-state index is 0.0354. The first-order valence-electron chi connectivity index (χ1n) is 5.73. The summed E-state index contributed by atoms with van der Waals surface area (Å²) >= 11 is 0. The number of hydrogen-bond acceptors (Lipinski definition) is 4. The fourth-order valence-electron chi connectivity index (χ4n) is 2.54. The number of benzene rings is 1. The van der Waals surface area contributed by atoms with Crippen LogP contribution in [0.1, 0.15) is 11.7 Å². The summed E-state index contributed by atoms with van der Waals surface area (Å²) < 4.78 is 16.3. The van der Waals surface area contributed by atoms with E-state index >= 15 is 0 Å². The van der Waals surface area contributed by atoms with Crippen molar-refractivity contribution in [2.45, 2.75) is 6.10 Å². The summed E-state index contributed by atoms with van der Waals surface area (Å²) in [6.07, 6.45) is 0.0354. The number of fused-ring (bicyclic) bond motifs is 1. The Morgan fingerprint density at radius 1 is 1.35 bits per heavy atom. The average Bonchev–Trinajstić information content (AvgIpc) is 2.92. The van der Waals surface area contributed by atoms with E-state index in [0.29, 0.717) is 30.8 Å². The molecular formula is C13H15O4.